The molecule has 74 valence electrons. The molecule has 1 rings (SSSR count). The van der Waals surface area contributed by atoms with Crippen LogP contribution in [0.15, 0.2) is 37.0 Å². The Labute approximate surface area is 85.4 Å². The third-order valence-electron chi connectivity index (χ3n) is 2.19. The third-order valence-corrected chi connectivity index (χ3v) is 2.19. The van der Waals surface area contributed by atoms with E-state index in [2.05, 4.69) is 32.6 Å². The van der Waals surface area contributed by atoms with Crippen LogP contribution in [0, 0.1) is 5.41 Å². The first kappa shape index (κ1) is 10.5. The molecule has 0 fully saturated rings. The van der Waals surface area contributed by atoms with Gasteiger partial charge < -0.3 is 4.90 Å². The Kier molecular flexibility index (Phi) is 3.46. The summed E-state index contributed by atoms with van der Waals surface area (Å²) in [5.41, 5.74) is 2.28. The lowest BCUT2D eigenvalue weighted by molar-refractivity contribution is 0.867. The highest BCUT2D eigenvalue weighted by atomic mass is 15.1. The van der Waals surface area contributed by atoms with E-state index >= 15 is 0 Å². The van der Waals surface area contributed by atoms with Crippen LogP contribution in [0.4, 0.5) is 5.69 Å². The minimum Gasteiger partial charge on any atom is -0.309 e. The average molecular weight is 188 g/mol. The van der Waals surface area contributed by atoms with Gasteiger partial charge in [-0.05, 0) is 23.6 Å². The molecule has 0 radical (unpaired) electrons. The van der Waals surface area contributed by atoms with Crippen molar-refractivity contribution in [2.75, 3.05) is 4.90 Å². The Morgan fingerprint density at radius 2 is 1.86 bits per heavy atom. The Hall–Kier alpha value is -1.57. The first-order valence-corrected chi connectivity index (χ1v) is 4.70. The van der Waals surface area contributed by atoms with Crippen LogP contribution in [0.5, 0.6) is 0 Å². The highest BCUT2D eigenvalue weighted by molar-refractivity contribution is 5.79. The molecule has 1 aromatic rings. The zero-order valence-corrected chi connectivity index (χ0v) is 8.70. The summed E-state index contributed by atoms with van der Waals surface area (Å²) in [5, 5.41) is 7.17. The van der Waals surface area contributed by atoms with Gasteiger partial charge in [0.2, 0.25) is 0 Å². The molecule has 2 heteroatoms. The second-order valence-corrected chi connectivity index (χ2v) is 3.47. The molecule has 0 aliphatic carbocycles. The smallest absolute Gasteiger partial charge is 0.0902 e. The molecule has 0 heterocycles. The van der Waals surface area contributed by atoms with Crippen LogP contribution in [0.1, 0.15) is 25.3 Å². The van der Waals surface area contributed by atoms with Crippen molar-refractivity contribution in [1.82, 2.24) is 0 Å². The van der Waals surface area contributed by atoms with Gasteiger partial charge in [-0.1, -0.05) is 32.6 Å². The zero-order valence-electron chi connectivity index (χ0n) is 8.70. The summed E-state index contributed by atoms with van der Waals surface area (Å²) in [6.07, 6.45) is 2.87. The molecule has 1 aromatic carbocycles. The Bertz CT molecular complexity index is 304. The van der Waals surface area contributed by atoms with Gasteiger partial charge in [-0.3, -0.25) is 5.41 Å². The number of nitrogens with one attached hydrogen (secondary N) is 1. The second kappa shape index (κ2) is 4.61. The highest BCUT2D eigenvalue weighted by Gasteiger charge is 2.01. The monoisotopic (exact) mass is 188 g/mol. The molecule has 0 bridgehead atoms. The van der Waals surface area contributed by atoms with E-state index in [0.717, 1.165) is 5.69 Å². The van der Waals surface area contributed by atoms with Gasteiger partial charge in [0.15, 0.2) is 0 Å². The number of benzene rings is 1. The van der Waals surface area contributed by atoms with Gasteiger partial charge in [0, 0.05) is 11.9 Å². The fourth-order valence-corrected chi connectivity index (χ4v) is 1.26. The Balaban J connectivity index is 2.92. The van der Waals surface area contributed by atoms with Crippen LogP contribution in [-0.4, -0.2) is 6.34 Å². The summed E-state index contributed by atoms with van der Waals surface area (Å²) in [4.78, 5) is 1.67. The molecule has 0 atom stereocenters. The fraction of sp³-hybridized carbons (Fsp3) is 0.250. The molecule has 2 nitrogen and oxygen atoms in total. The molecule has 0 aliphatic heterocycles. The van der Waals surface area contributed by atoms with Crippen molar-refractivity contribution in [2.45, 2.75) is 19.8 Å². The Morgan fingerprint density at radius 1 is 1.29 bits per heavy atom. The van der Waals surface area contributed by atoms with Crippen LogP contribution in [0.3, 0.4) is 0 Å². The van der Waals surface area contributed by atoms with Crippen LogP contribution >= 0.6 is 0 Å². The molecular weight excluding hydrogens is 172 g/mol. The minimum atomic E-state index is 0.543. The van der Waals surface area contributed by atoms with Crippen LogP contribution < -0.4 is 4.90 Å². The standard InChI is InChI=1S/C12H16N2/c1-4-14(9-13)12-7-5-11(6-8-12)10(2)3/h4-10,13H,1H2,2-3H3. The Morgan fingerprint density at radius 3 is 2.21 bits per heavy atom. The van der Waals surface area contributed by atoms with Crippen molar-refractivity contribution >= 4 is 12.0 Å². The van der Waals surface area contributed by atoms with E-state index in [9.17, 15) is 0 Å². The lowest BCUT2D eigenvalue weighted by Crippen LogP contribution is -2.11. The van der Waals surface area contributed by atoms with Gasteiger partial charge in [-0.25, -0.2) is 0 Å². The van der Waals surface area contributed by atoms with Crippen molar-refractivity contribution in [3.8, 4) is 0 Å². The maximum atomic E-state index is 7.17. The van der Waals surface area contributed by atoms with E-state index in [4.69, 9.17) is 5.41 Å². The van der Waals surface area contributed by atoms with Crippen molar-refractivity contribution in [3.63, 3.8) is 0 Å². The fourth-order valence-electron chi connectivity index (χ4n) is 1.26. The first-order chi connectivity index (χ1) is 6.69. The number of nitrogens with zero attached hydrogens (tertiary/aromatic N) is 1. The van der Waals surface area contributed by atoms with E-state index in [1.165, 1.54) is 11.9 Å². The van der Waals surface area contributed by atoms with Crippen LogP contribution in [0.2, 0.25) is 0 Å². The minimum absolute atomic E-state index is 0.543. The molecule has 0 spiro atoms. The summed E-state index contributed by atoms with van der Waals surface area (Å²) >= 11 is 0. The summed E-state index contributed by atoms with van der Waals surface area (Å²) in [6.45, 7) is 7.97. The van der Waals surface area contributed by atoms with Crippen molar-refractivity contribution < 1.29 is 0 Å². The molecule has 1 N–H and O–H groups in total. The van der Waals surface area contributed by atoms with Gasteiger partial charge in [0.1, 0.15) is 0 Å². The molecule has 0 aromatic heterocycles. The first-order valence-electron chi connectivity index (χ1n) is 4.70. The van der Waals surface area contributed by atoms with E-state index in [1.807, 2.05) is 12.1 Å². The van der Waals surface area contributed by atoms with Gasteiger partial charge in [0.25, 0.3) is 0 Å². The quantitative estimate of drug-likeness (QED) is 0.569. The van der Waals surface area contributed by atoms with E-state index in [-0.39, 0.29) is 0 Å². The molecule has 0 amide bonds. The van der Waals surface area contributed by atoms with E-state index in [1.54, 1.807) is 11.1 Å². The normalized spacial score (nSPS) is 9.93. The number of anilines is 1. The lowest BCUT2D eigenvalue weighted by atomic mass is 10.0. The van der Waals surface area contributed by atoms with Crippen molar-refractivity contribution in [2.24, 2.45) is 0 Å². The largest absolute Gasteiger partial charge is 0.309 e. The summed E-state index contributed by atoms with van der Waals surface area (Å²) < 4.78 is 0. The molecule has 0 saturated carbocycles. The summed E-state index contributed by atoms with van der Waals surface area (Å²) in [5.74, 6) is 0.543. The lowest BCUT2D eigenvalue weighted by Gasteiger charge is -2.14. The molecule has 14 heavy (non-hydrogen) atoms. The predicted octanol–water partition coefficient (Wildman–Crippen LogP) is 3.37. The number of rotatable bonds is 4. The second-order valence-electron chi connectivity index (χ2n) is 3.47. The maximum Gasteiger partial charge on any atom is 0.0902 e. The molecule has 0 unspecified atom stereocenters. The van der Waals surface area contributed by atoms with Gasteiger partial charge in [0.05, 0.1) is 6.34 Å². The predicted molar refractivity (Wildman–Crippen MR) is 62.0 cm³/mol. The van der Waals surface area contributed by atoms with Gasteiger partial charge >= 0.3 is 0 Å². The van der Waals surface area contributed by atoms with Crippen LogP contribution in [0.25, 0.3) is 0 Å². The van der Waals surface area contributed by atoms with Crippen molar-refractivity contribution in [1.29, 1.82) is 5.41 Å². The number of hydrogen-bond acceptors (Lipinski definition) is 1. The molecular formula is C12H16N2. The summed E-state index contributed by atoms with van der Waals surface area (Å²) in [6, 6.07) is 8.17. The number of hydrogen-bond donors (Lipinski definition) is 1. The van der Waals surface area contributed by atoms with Crippen molar-refractivity contribution in [3.05, 3.63) is 42.6 Å². The van der Waals surface area contributed by atoms with Gasteiger partial charge in [-0.2, -0.15) is 0 Å². The van der Waals surface area contributed by atoms with E-state index in [0.29, 0.717) is 5.92 Å². The third kappa shape index (κ3) is 2.22. The van der Waals surface area contributed by atoms with E-state index < -0.39 is 0 Å². The highest BCUT2D eigenvalue weighted by Crippen LogP contribution is 2.19. The topological polar surface area (TPSA) is 27.1 Å². The van der Waals surface area contributed by atoms with Gasteiger partial charge in [-0.15, -0.1) is 0 Å². The molecule has 0 aliphatic rings. The summed E-state index contributed by atoms with van der Waals surface area (Å²) in [7, 11) is 0. The SMILES string of the molecule is C=CN(C=N)c1ccc(C(C)C)cc1. The average Bonchev–Trinajstić information content (AvgIpc) is 2.20. The zero-order chi connectivity index (χ0) is 10.6. The maximum absolute atomic E-state index is 7.17. The molecule has 0 saturated heterocycles. The van der Waals surface area contributed by atoms with Crippen LogP contribution in [-0.2, 0) is 0 Å².